The molecule has 1 aliphatic heterocycles. The number of aromatic nitrogens is 2. The monoisotopic (exact) mass is 466 g/mol. The van der Waals surface area contributed by atoms with Crippen molar-refractivity contribution < 1.29 is 9.53 Å². The molecule has 35 heavy (non-hydrogen) atoms. The topological polar surface area (TPSA) is 50.6 Å². The summed E-state index contributed by atoms with van der Waals surface area (Å²) in [6, 6.07) is 30.6. The Morgan fingerprint density at radius 2 is 1.37 bits per heavy atom. The number of anilines is 1. The fraction of sp³-hybridized carbons (Fsp3) is 0.241. The van der Waals surface area contributed by atoms with Crippen LogP contribution in [0.2, 0.25) is 0 Å². The highest BCUT2D eigenvalue weighted by molar-refractivity contribution is 5.77. The number of esters is 1. The second-order valence-electron chi connectivity index (χ2n) is 8.69. The van der Waals surface area contributed by atoms with Gasteiger partial charge in [0.05, 0.1) is 24.0 Å². The number of benzene rings is 3. The number of nitrogens with zero attached hydrogens (tertiary/aromatic N) is 4. The van der Waals surface area contributed by atoms with Crippen LogP contribution in [0, 0.1) is 0 Å². The molecular weight excluding hydrogens is 436 g/mol. The molecule has 4 aromatic rings. The highest BCUT2D eigenvalue weighted by Gasteiger charge is 2.19. The second-order valence-corrected chi connectivity index (χ2v) is 8.69. The number of ether oxygens (including phenoxy) is 1. The van der Waals surface area contributed by atoms with Crippen molar-refractivity contribution in [1.82, 2.24) is 14.7 Å². The summed E-state index contributed by atoms with van der Waals surface area (Å²) in [6.45, 7) is 5.05. The summed E-state index contributed by atoms with van der Waals surface area (Å²) >= 11 is 0. The van der Waals surface area contributed by atoms with Crippen molar-refractivity contribution >= 4 is 11.7 Å². The van der Waals surface area contributed by atoms with Gasteiger partial charge in [0.15, 0.2) is 0 Å². The van der Waals surface area contributed by atoms with Gasteiger partial charge >= 0.3 is 5.97 Å². The Bertz CT molecular complexity index is 1220. The van der Waals surface area contributed by atoms with E-state index in [9.17, 15) is 4.79 Å². The van der Waals surface area contributed by atoms with Crippen LogP contribution in [0.3, 0.4) is 0 Å². The summed E-state index contributed by atoms with van der Waals surface area (Å²) in [4.78, 5) is 17.5. The predicted octanol–water partition coefficient (Wildman–Crippen LogP) is 4.45. The van der Waals surface area contributed by atoms with Gasteiger partial charge in [-0.05, 0) is 24.3 Å². The average molecular weight is 467 g/mol. The van der Waals surface area contributed by atoms with Gasteiger partial charge in [0, 0.05) is 49.5 Å². The SMILES string of the molecule is O=C(Cc1cnn(-c2ccccc2)c1-c1ccccc1)OCCN1CCN(c2ccccc2)CC1. The van der Waals surface area contributed by atoms with E-state index in [0.29, 0.717) is 6.61 Å². The van der Waals surface area contributed by atoms with Gasteiger partial charge in [-0.15, -0.1) is 0 Å². The summed E-state index contributed by atoms with van der Waals surface area (Å²) in [5.41, 5.74) is 5.03. The first-order valence-corrected chi connectivity index (χ1v) is 12.1. The van der Waals surface area contributed by atoms with E-state index in [0.717, 1.165) is 55.2 Å². The summed E-state index contributed by atoms with van der Waals surface area (Å²) in [5, 5.41) is 4.60. The zero-order valence-electron chi connectivity index (χ0n) is 19.8. The van der Waals surface area contributed by atoms with E-state index < -0.39 is 0 Å². The van der Waals surface area contributed by atoms with Crippen molar-refractivity contribution in [2.24, 2.45) is 0 Å². The molecule has 0 amide bonds. The smallest absolute Gasteiger partial charge is 0.310 e. The molecule has 0 N–H and O–H groups in total. The van der Waals surface area contributed by atoms with E-state index in [4.69, 9.17) is 4.74 Å². The van der Waals surface area contributed by atoms with Gasteiger partial charge in [-0.3, -0.25) is 9.69 Å². The Kier molecular flexibility index (Phi) is 7.20. The quantitative estimate of drug-likeness (QED) is 0.359. The van der Waals surface area contributed by atoms with E-state index >= 15 is 0 Å². The van der Waals surface area contributed by atoms with Crippen LogP contribution in [0.1, 0.15) is 5.56 Å². The maximum Gasteiger partial charge on any atom is 0.310 e. The zero-order chi connectivity index (χ0) is 23.9. The molecule has 0 atom stereocenters. The standard InChI is InChI=1S/C29H30N4O2/c34-28(35-21-20-31-16-18-32(19-17-31)26-12-6-2-7-13-26)22-25-23-30-33(27-14-8-3-9-15-27)29(25)24-10-4-1-5-11-24/h1-15,23H,16-22H2. The normalized spacial score (nSPS) is 14.1. The van der Waals surface area contributed by atoms with Crippen molar-refractivity contribution in [2.45, 2.75) is 6.42 Å². The lowest BCUT2D eigenvalue weighted by Gasteiger charge is -2.35. The van der Waals surface area contributed by atoms with Crippen molar-refractivity contribution in [3.8, 4) is 16.9 Å². The third-order valence-electron chi connectivity index (χ3n) is 6.39. The van der Waals surface area contributed by atoms with Gasteiger partial charge < -0.3 is 9.64 Å². The summed E-state index contributed by atoms with van der Waals surface area (Å²) in [6.07, 6.45) is 1.97. The highest BCUT2D eigenvalue weighted by Crippen LogP contribution is 2.27. The maximum absolute atomic E-state index is 12.7. The lowest BCUT2D eigenvalue weighted by atomic mass is 10.1. The molecular formula is C29H30N4O2. The van der Waals surface area contributed by atoms with E-state index in [-0.39, 0.29) is 12.4 Å². The molecule has 1 fully saturated rings. The minimum Gasteiger partial charge on any atom is -0.464 e. The van der Waals surface area contributed by atoms with Crippen molar-refractivity contribution in [2.75, 3.05) is 44.2 Å². The van der Waals surface area contributed by atoms with Gasteiger partial charge in [-0.25, -0.2) is 4.68 Å². The van der Waals surface area contributed by atoms with E-state index in [2.05, 4.69) is 39.2 Å². The predicted molar refractivity (Wildman–Crippen MR) is 139 cm³/mol. The number of carbonyl (C=O) groups is 1. The van der Waals surface area contributed by atoms with Crippen molar-refractivity contribution in [3.05, 3.63) is 103 Å². The second kappa shape index (κ2) is 11.0. The molecule has 0 spiro atoms. The minimum atomic E-state index is -0.224. The molecule has 5 rings (SSSR count). The Labute approximate surface area is 206 Å². The Balaban J connectivity index is 1.17. The van der Waals surface area contributed by atoms with Crippen LogP contribution in [0.15, 0.2) is 97.2 Å². The van der Waals surface area contributed by atoms with E-state index in [1.165, 1.54) is 5.69 Å². The number of piperazine rings is 1. The molecule has 0 unspecified atom stereocenters. The van der Waals surface area contributed by atoms with E-state index in [1.54, 1.807) is 6.20 Å². The van der Waals surface area contributed by atoms with Crippen molar-refractivity contribution in [3.63, 3.8) is 0 Å². The first kappa shape index (κ1) is 22.9. The summed E-state index contributed by atoms with van der Waals surface area (Å²) in [5.74, 6) is -0.224. The first-order chi connectivity index (χ1) is 17.3. The molecule has 2 heterocycles. The molecule has 0 saturated carbocycles. The number of carbonyl (C=O) groups excluding carboxylic acids is 1. The minimum absolute atomic E-state index is 0.193. The summed E-state index contributed by atoms with van der Waals surface area (Å²) in [7, 11) is 0. The molecule has 1 aliphatic rings. The fourth-order valence-corrected chi connectivity index (χ4v) is 4.54. The molecule has 1 saturated heterocycles. The number of hydrogen-bond donors (Lipinski definition) is 0. The van der Waals surface area contributed by atoms with Crippen LogP contribution in [-0.4, -0.2) is 60.0 Å². The zero-order valence-corrected chi connectivity index (χ0v) is 19.8. The fourth-order valence-electron chi connectivity index (χ4n) is 4.54. The van der Waals surface area contributed by atoms with Crippen LogP contribution in [0.4, 0.5) is 5.69 Å². The number of hydrogen-bond acceptors (Lipinski definition) is 5. The third kappa shape index (κ3) is 5.61. The Morgan fingerprint density at radius 1 is 0.771 bits per heavy atom. The molecule has 1 aromatic heterocycles. The van der Waals surface area contributed by atoms with Gasteiger partial charge in [0.25, 0.3) is 0 Å². The summed E-state index contributed by atoms with van der Waals surface area (Å²) < 4.78 is 7.53. The molecule has 0 bridgehead atoms. The average Bonchev–Trinajstić information content (AvgIpc) is 3.34. The third-order valence-corrected chi connectivity index (χ3v) is 6.39. The van der Waals surface area contributed by atoms with Gasteiger partial charge in [0.2, 0.25) is 0 Å². The Hall–Kier alpha value is -3.90. The maximum atomic E-state index is 12.7. The molecule has 6 nitrogen and oxygen atoms in total. The first-order valence-electron chi connectivity index (χ1n) is 12.1. The lowest BCUT2D eigenvalue weighted by molar-refractivity contribution is -0.143. The molecule has 6 heteroatoms. The largest absolute Gasteiger partial charge is 0.464 e. The number of rotatable bonds is 8. The van der Waals surface area contributed by atoms with E-state index in [1.807, 2.05) is 71.4 Å². The van der Waals surface area contributed by atoms with Crippen LogP contribution in [0.25, 0.3) is 16.9 Å². The molecule has 3 aromatic carbocycles. The van der Waals surface area contributed by atoms with Gasteiger partial charge in [-0.2, -0.15) is 5.10 Å². The van der Waals surface area contributed by atoms with Crippen LogP contribution in [0.5, 0.6) is 0 Å². The van der Waals surface area contributed by atoms with Crippen LogP contribution < -0.4 is 4.90 Å². The molecule has 178 valence electrons. The lowest BCUT2D eigenvalue weighted by Crippen LogP contribution is -2.47. The van der Waals surface area contributed by atoms with Gasteiger partial charge in [0.1, 0.15) is 6.61 Å². The van der Waals surface area contributed by atoms with Gasteiger partial charge in [-0.1, -0.05) is 66.7 Å². The number of para-hydroxylation sites is 2. The van der Waals surface area contributed by atoms with Crippen molar-refractivity contribution in [1.29, 1.82) is 0 Å². The highest BCUT2D eigenvalue weighted by atomic mass is 16.5. The van der Waals surface area contributed by atoms with Crippen LogP contribution in [-0.2, 0) is 16.0 Å². The molecule has 0 aliphatic carbocycles. The Morgan fingerprint density at radius 3 is 2.03 bits per heavy atom. The van der Waals surface area contributed by atoms with Crippen LogP contribution >= 0.6 is 0 Å². The molecule has 0 radical (unpaired) electrons.